The molecule has 0 unspecified atom stereocenters. The maximum atomic E-state index is 12.0. The normalized spacial score (nSPS) is 11.9. The smallest absolute Gasteiger partial charge is 0.182 e. The van der Waals surface area contributed by atoms with E-state index in [1.54, 1.807) is 0 Å². The highest BCUT2D eigenvalue weighted by atomic mass is 35.5. The maximum Gasteiger partial charge on any atom is 0.182 e. The number of rotatable bonds is 7. The average molecular weight is 437 g/mol. The van der Waals surface area contributed by atoms with Crippen molar-refractivity contribution in [1.82, 2.24) is 0 Å². The third kappa shape index (κ3) is 5.94. The minimum Gasteiger partial charge on any atom is -0.508 e. The van der Waals surface area contributed by atoms with Crippen LogP contribution in [0.25, 0.3) is 12.2 Å². The number of phenolic OH excluding ortho intramolecular Hbond substituents is 2. The number of aliphatic hydroxyl groups excluding tert-OH is 1. The minimum atomic E-state index is -0.475. The number of halogens is 2. The molecule has 0 aliphatic carbocycles. The zero-order valence-electron chi connectivity index (χ0n) is 15.5. The molecule has 0 aromatic heterocycles. The highest BCUT2D eigenvalue weighted by molar-refractivity contribution is 6.32. The van der Waals surface area contributed by atoms with E-state index in [-0.39, 0.29) is 38.8 Å². The van der Waals surface area contributed by atoms with Crippen molar-refractivity contribution in [2.45, 2.75) is 0 Å². The van der Waals surface area contributed by atoms with Crippen LogP contribution in [0, 0.1) is 0 Å². The largest absolute Gasteiger partial charge is 0.508 e. The molecular weight excluding hydrogens is 419 g/mol. The van der Waals surface area contributed by atoms with E-state index in [4.69, 9.17) is 32.7 Å². The lowest BCUT2D eigenvalue weighted by atomic mass is 10.1. The van der Waals surface area contributed by atoms with Crippen molar-refractivity contribution >= 4 is 41.1 Å². The summed E-state index contributed by atoms with van der Waals surface area (Å²) in [6.07, 6.45) is 6.52. The van der Waals surface area contributed by atoms with Crippen LogP contribution in [0.15, 0.2) is 48.3 Å². The van der Waals surface area contributed by atoms with E-state index >= 15 is 0 Å². The van der Waals surface area contributed by atoms with Gasteiger partial charge in [-0.3, -0.25) is 4.79 Å². The Balaban J connectivity index is 2.13. The first-order chi connectivity index (χ1) is 13.7. The topological polar surface area (TPSA) is 96.2 Å². The molecule has 0 fully saturated rings. The molecule has 0 radical (unpaired) electrons. The highest BCUT2D eigenvalue weighted by Gasteiger charge is 2.08. The van der Waals surface area contributed by atoms with Gasteiger partial charge < -0.3 is 24.8 Å². The van der Waals surface area contributed by atoms with Gasteiger partial charge >= 0.3 is 0 Å². The number of carbonyl (C=O) groups is 1. The van der Waals surface area contributed by atoms with Crippen molar-refractivity contribution in [3.8, 4) is 23.0 Å². The van der Waals surface area contributed by atoms with Gasteiger partial charge in [0.05, 0.1) is 24.3 Å². The SMILES string of the molecule is COc1cc(/C=C/C(=O)/C=C(O)/C=C/c2cc(Cl)c(O)c(OC)c2)cc(Cl)c1O. The Morgan fingerprint density at radius 1 is 0.862 bits per heavy atom. The number of ketones is 1. The van der Waals surface area contributed by atoms with Gasteiger partial charge in [0.25, 0.3) is 0 Å². The van der Waals surface area contributed by atoms with Crippen LogP contribution in [0.5, 0.6) is 23.0 Å². The van der Waals surface area contributed by atoms with Crippen LogP contribution in [0.1, 0.15) is 11.1 Å². The molecule has 0 amide bonds. The van der Waals surface area contributed by atoms with Gasteiger partial charge in [0, 0.05) is 6.08 Å². The zero-order chi connectivity index (χ0) is 21.6. The van der Waals surface area contributed by atoms with E-state index in [1.807, 2.05) is 0 Å². The van der Waals surface area contributed by atoms with Crippen LogP contribution in [0.3, 0.4) is 0 Å². The Hall–Kier alpha value is -3.09. The summed E-state index contributed by atoms with van der Waals surface area (Å²) in [6, 6.07) is 5.98. The van der Waals surface area contributed by atoms with E-state index in [9.17, 15) is 20.1 Å². The Labute approximate surface area is 177 Å². The molecule has 152 valence electrons. The van der Waals surface area contributed by atoms with Gasteiger partial charge in [-0.25, -0.2) is 0 Å². The van der Waals surface area contributed by atoms with Crippen LogP contribution in [0.4, 0.5) is 0 Å². The summed E-state index contributed by atoms with van der Waals surface area (Å²) in [5.41, 5.74) is 1.09. The van der Waals surface area contributed by atoms with E-state index in [0.717, 1.165) is 6.08 Å². The molecule has 6 nitrogen and oxygen atoms in total. The van der Waals surface area contributed by atoms with Crippen molar-refractivity contribution in [1.29, 1.82) is 0 Å². The highest BCUT2D eigenvalue weighted by Crippen LogP contribution is 2.36. The molecule has 0 saturated carbocycles. The molecule has 0 heterocycles. The molecular formula is C21H18Cl2O6. The molecule has 29 heavy (non-hydrogen) atoms. The lowest BCUT2D eigenvalue weighted by Crippen LogP contribution is -1.90. The first kappa shape index (κ1) is 22.2. The monoisotopic (exact) mass is 436 g/mol. The Morgan fingerprint density at radius 3 is 1.76 bits per heavy atom. The van der Waals surface area contributed by atoms with Gasteiger partial charge in [-0.2, -0.15) is 0 Å². The Bertz CT molecular complexity index is 1010. The van der Waals surface area contributed by atoms with Gasteiger partial charge in [0.15, 0.2) is 28.8 Å². The number of aliphatic hydroxyl groups is 1. The maximum absolute atomic E-state index is 12.0. The predicted octanol–water partition coefficient (Wildman–Crippen LogP) is 5.16. The van der Waals surface area contributed by atoms with E-state index in [0.29, 0.717) is 11.1 Å². The molecule has 2 aromatic rings. The number of ether oxygens (including phenoxy) is 2. The van der Waals surface area contributed by atoms with Crippen LogP contribution in [-0.2, 0) is 4.79 Å². The third-order valence-electron chi connectivity index (χ3n) is 3.72. The van der Waals surface area contributed by atoms with Crippen molar-refractivity contribution < 1.29 is 29.6 Å². The molecule has 0 saturated heterocycles. The summed E-state index contributed by atoms with van der Waals surface area (Å²) in [4.78, 5) is 12.0. The van der Waals surface area contributed by atoms with E-state index in [1.165, 1.54) is 62.8 Å². The first-order valence-electron chi connectivity index (χ1n) is 8.19. The number of hydrogen-bond donors (Lipinski definition) is 3. The molecule has 0 atom stereocenters. The second-order valence-electron chi connectivity index (χ2n) is 5.75. The summed E-state index contributed by atoms with van der Waals surface area (Å²) in [6.45, 7) is 0. The minimum absolute atomic E-state index is 0.0840. The summed E-state index contributed by atoms with van der Waals surface area (Å²) < 4.78 is 10.00. The van der Waals surface area contributed by atoms with Crippen LogP contribution in [-0.4, -0.2) is 35.3 Å². The number of benzene rings is 2. The molecule has 0 bridgehead atoms. The summed E-state index contributed by atoms with van der Waals surface area (Å²) in [5.74, 6) is -0.777. The van der Waals surface area contributed by atoms with Crippen molar-refractivity contribution in [2.75, 3.05) is 14.2 Å². The Kier molecular flexibility index (Phi) is 7.59. The predicted molar refractivity (Wildman–Crippen MR) is 113 cm³/mol. The van der Waals surface area contributed by atoms with E-state index in [2.05, 4.69) is 0 Å². The fraction of sp³-hybridized carbons (Fsp3) is 0.0952. The number of phenols is 2. The number of allylic oxidation sites excluding steroid dienone is 3. The molecule has 0 spiro atoms. The van der Waals surface area contributed by atoms with Crippen molar-refractivity contribution in [3.63, 3.8) is 0 Å². The molecule has 0 aliphatic heterocycles. The van der Waals surface area contributed by atoms with E-state index < -0.39 is 5.78 Å². The van der Waals surface area contributed by atoms with Gasteiger partial charge in [0.2, 0.25) is 0 Å². The van der Waals surface area contributed by atoms with Gasteiger partial charge in [-0.15, -0.1) is 0 Å². The van der Waals surface area contributed by atoms with Crippen LogP contribution in [0.2, 0.25) is 10.0 Å². The molecule has 0 aliphatic rings. The summed E-state index contributed by atoms with van der Waals surface area (Å²) >= 11 is 11.8. The second kappa shape index (κ2) is 9.91. The van der Waals surface area contributed by atoms with Crippen molar-refractivity contribution in [3.05, 3.63) is 69.4 Å². The summed E-state index contributed by atoms with van der Waals surface area (Å²) in [5, 5.41) is 29.5. The molecule has 8 heteroatoms. The average Bonchev–Trinajstić information content (AvgIpc) is 2.69. The molecule has 2 aromatic carbocycles. The molecule has 2 rings (SSSR count). The third-order valence-corrected chi connectivity index (χ3v) is 4.29. The lowest BCUT2D eigenvalue weighted by Gasteiger charge is -2.06. The zero-order valence-corrected chi connectivity index (χ0v) is 17.0. The van der Waals surface area contributed by atoms with Crippen LogP contribution < -0.4 is 9.47 Å². The fourth-order valence-electron chi connectivity index (χ4n) is 2.29. The summed E-state index contributed by atoms with van der Waals surface area (Å²) in [7, 11) is 2.77. The lowest BCUT2D eigenvalue weighted by molar-refractivity contribution is -0.110. The number of methoxy groups -OCH3 is 2. The molecule has 3 N–H and O–H groups in total. The number of aromatic hydroxyl groups is 2. The number of hydrogen-bond acceptors (Lipinski definition) is 6. The Morgan fingerprint density at radius 2 is 1.31 bits per heavy atom. The standard InChI is InChI=1S/C21H18Cl2O6/c1-28-18-9-12(7-16(22)20(18)26)3-5-14(24)11-15(25)6-4-13-8-17(23)21(27)19(10-13)29-2/h3-11,24,26-27H,1-2H3/b5-3+,6-4+,14-11-. The first-order valence-corrected chi connectivity index (χ1v) is 8.94. The van der Waals surface area contributed by atoms with Gasteiger partial charge in [-0.05, 0) is 47.5 Å². The van der Waals surface area contributed by atoms with Crippen LogP contribution >= 0.6 is 23.2 Å². The van der Waals surface area contributed by atoms with Gasteiger partial charge in [0.1, 0.15) is 5.76 Å². The number of carbonyl (C=O) groups excluding carboxylic acids is 1. The van der Waals surface area contributed by atoms with Gasteiger partial charge in [-0.1, -0.05) is 35.4 Å². The fourth-order valence-corrected chi connectivity index (χ4v) is 2.73. The quantitative estimate of drug-likeness (QED) is 0.315. The van der Waals surface area contributed by atoms with Crippen molar-refractivity contribution in [2.24, 2.45) is 0 Å². The second-order valence-corrected chi connectivity index (χ2v) is 6.56.